The minimum Gasteiger partial charge on any atom is -0.753 e. The van der Waals surface area contributed by atoms with Crippen molar-refractivity contribution < 1.29 is 61.2 Å². The summed E-state index contributed by atoms with van der Waals surface area (Å²) in [6.45, 7) is 5.32. The third-order valence-electron chi connectivity index (χ3n) is 10.3. The first-order valence-electron chi connectivity index (χ1n) is 22.5. The van der Waals surface area contributed by atoms with E-state index in [2.05, 4.69) is 104 Å². The van der Waals surface area contributed by atoms with Gasteiger partial charge in [-0.15, -0.1) is 5.70 Å². The summed E-state index contributed by atoms with van der Waals surface area (Å²) in [5, 5.41) is 15.6. The number of aryl methyl sites for hydroxylation is 2. The number of pyridine rings is 4. The molecule has 2 aromatic carbocycles. The number of benzene rings is 2. The fraction of sp³-hybridized carbons (Fsp3) is 0.204. The summed E-state index contributed by atoms with van der Waals surface area (Å²) >= 11 is 3.70. The number of isothiocyanates is 1. The molecule has 0 bridgehead atoms. The quantitative estimate of drug-likeness (QED) is 0.0159. The molecule has 0 fully saturated rings. The largest absolute Gasteiger partial charge is 2.00 e. The molecule has 0 unspecified atom stereocenters. The Balaban J connectivity index is 0.000000367. The van der Waals surface area contributed by atoms with Crippen LogP contribution in [0.3, 0.4) is 0 Å². The number of thiocarbonyl (C=S) groups is 1. The maximum absolute atomic E-state index is 12.7. The van der Waals surface area contributed by atoms with Crippen molar-refractivity contribution >= 4 is 77.4 Å². The number of nitrogens with one attached hydrogen (secondary N) is 2. The van der Waals surface area contributed by atoms with Crippen LogP contribution in [-0.2, 0) is 56.2 Å². The number of alkyl halides is 3. The van der Waals surface area contributed by atoms with E-state index in [0.717, 1.165) is 53.9 Å². The normalized spacial score (nSPS) is 10.9. The van der Waals surface area contributed by atoms with E-state index in [1.807, 2.05) is 4.90 Å². The van der Waals surface area contributed by atoms with Crippen LogP contribution in [0.25, 0.3) is 51.8 Å². The molecule has 0 atom stereocenters. The Hall–Kier alpha value is -7.85. The molecule has 2 N–H and O–H groups in total. The van der Waals surface area contributed by atoms with E-state index >= 15 is 0 Å². The minimum absolute atomic E-state index is 0. The van der Waals surface area contributed by atoms with Crippen LogP contribution in [-0.4, -0.2) is 56.4 Å². The monoisotopic (exact) mass is 1100 g/mol. The van der Waals surface area contributed by atoms with E-state index in [4.69, 9.17) is 21.3 Å². The summed E-state index contributed by atoms with van der Waals surface area (Å²) in [6.07, 6.45) is 15.2. The Kier molecular flexibility index (Phi) is 26.2. The van der Waals surface area contributed by atoms with Gasteiger partial charge in [0, 0.05) is 41.6 Å². The standard InChI is InChI=1S/C31H36F3N4.C22H15N3O6.CNS.Ru/c1-3-5-7-9-23-11-15-25(16-12-23)38(26-17-13-24(14-18-26)10-8-6-4-2)27-19-20-29(37-22-27)28(35)21-30(36)31(32,33)34;26-13-29-7-3-16-1-5-23-19(9-16)21-11-18(31-15-28)12-22(25-21)20-10-17(2-6-24-20)4-8-30-14-27;2-1-3;/h11-22,35-36H,3-10H2,1-2H3;1-15H;;/q-1;;-1;+2/b28-21-,36-30?;7-3+,8-4+;;. The Morgan fingerprint density at radius 1 is 0.699 bits per heavy atom. The number of anilines is 3. The Labute approximate surface area is 440 Å². The molecule has 0 saturated carbocycles. The summed E-state index contributed by atoms with van der Waals surface area (Å²) in [5.74, 6) is 0.258. The zero-order valence-corrected chi connectivity index (χ0v) is 42.3. The molecule has 0 radical (unpaired) electrons. The first-order valence-corrected chi connectivity index (χ1v) is 22.9. The predicted octanol–water partition coefficient (Wildman–Crippen LogP) is 13.7. The van der Waals surface area contributed by atoms with E-state index in [1.165, 1.54) is 60.6 Å². The van der Waals surface area contributed by atoms with Crippen LogP contribution in [0.2, 0.25) is 0 Å². The van der Waals surface area contributed by atoms with Gasteiger partial charge in [0.1, 0.15) is 11.5 Å². The number of halogens is 3. The number of carbonyl (C=O) groups excluding carboxylic acids is 3. The van der Waals surface area contributed by atoms with Crippen molar-refractivity contribution in [2.24, 2.45) is 0 Å². The molecule has 14 nitrogen and oxygen atoms in total. The number of aromatic nitrogens is 4. The molecule has 4 aromatic heterocycles. The van der Waals surface area contributed by atoms with E-state index in [1.54, 1.807) is 73.2 Å². The molecule has 6 rings (SSSR count). The van der Waals surface area contributed by atoms with Gasteiger partial charge in [-0.25, -0.2) is 4.98 Å². The van der Waals surface area contributed by atoms with Crippen LogP contribution in [0, 0.1) is 5.41 Å². The van der Waals surface area contributed by atoms with Gasteiger partial charge in [-0.05, 0) is 127 Å². The van der Waals surface area contributed by atoms with Crippen LogP contribution in [0.5, 0.6) is 5.75 Å². The van der Waals surface area contributed by atoms with Crippen molar-refractivity contribution in [1.82, 2.24) is 19.9 Å². The fourth-order valence-electron chi connectivity index (χ4n) is 6.78. The summed E-state index contributed by atoms with van der Waals surface area (Å²) in [6, 6.07) is 30.1. The van der Waals surface area contributed by atoms with Gasteiger partial charge in [-0.3, -0.25) is 34.7 Å². The summed E-state index contributed by atoms with van der Waals surface area (Å²) in [4.78, 5) is 51.0. The molecular weight excluding hydrogens is 1050 g/mol. The van der Waals surface area contributed by atoms with Crippen molar-refractivity contribution in [2.45, 2.75) is 71.4 Å². The van der Waals surface area contributed by atoms with Gasteiger partial charge in [0.2, 0.25) is 0 Å². The predicted molar refractivity (Wildman–Crippen MR) is 277 cm³/mol. The van der Waals surface area contributed by atoms with Crippen molar-refractivity contribution in [3.05, 3.63) is 173 Å². The minimum atomic E-state index is -4.80. The molecule has 0 saturated heterocycles. The van der Waals surface area contributed by atoms with Gasteiger partial charge in [0.25, 0.3) is 19.4 Å². The SMILES string of the molecule is CCCCCc1ccc(N(c2ccc(CCCCC)cc2)c2ccc(/C([NH-])=C/C(=N)C(F)(F)F)nc2)cc1.O=CO/C=C/c1ccnc(-c2cc(OC=O)cc(-c3cc(/C=C/OC=O)ccn3)n2)c1.[N-]=C=S.[Ru+2]. The van der Waals surface area contributed by atoms with Crippen LogP contribution in [0.1, 0.15) is 80.3 Å². The van der Waals surface area contributed by atoms with Crippen LogP contribution < -0.4 is 9.64 Å². The van der Waals surface area contributed by atoms with Crippen molar-refractivity contribution in [3.63, 3.8) is 0 Å². The van der Waals surface area contributed by atoms with Gasteiger partial charge in [0.15, 0.2) is 0 Å². The van der Waals surface area contributed by atoms with E-state index in [0.29, 0.717) is 48.3 Å². The number of allylic oxidation sites excluding steroid dienone is 1. The number of nitrogens with zero attached hydrogens (tertiary/aromatic N) is 6. The van der Waals surface area contributed by atoms with E-state index < -0.39 is 17.6 Å². The Morgan fingerprint density at radius 2 is 1.16 bits per heavy atom. The number of hydrogen-bond donors (Lipinski definition) is 1. The molecule has 19 heteroatoms. The molecule has 6 aromatic rings. The molecule has 73 heavy (non-hydrogen) atoms. The van der Waals surface area contributed by atoms with Gasteiger partial charge >= 0.3 is 25.7 Å². The second-order valence-corrected chi connectivity index (χ2v) is 15.5. The Bertz CT molecular complexity index is 2690. The van der Waals surface area contributed by atoms with Crippen LogP contribution in [0.15, 0.2) is 134 Å². The second kappa shape index (κ2) is 32.2. The maximum atomic E-state index is 12.7. The first-order chi connectivity index (χ1) is 34.9. The summed E-state index contributed by atoms with van der Waals surface area (Å²) in [7, 11) is 0. The number of hydrogen-bond acceptors (Lipinski definition) is 13. The maximum Gasteiger partial charge on any atom is 2.00 e. The molecule has 0 spiro atoms. The van der Waals surface area contributed by atoms with E-state index in [9.17, 15) is 27.6 Å². The van der Waals surface area contributed by atoms with Gasteiger partial charge in [-0.1, -0.05) is 76.0 Å². The van der Waals surface area contributed by atoms with Crippen LogP contribution >= 0.6 is 12.2 Å². The molecule has 0 amide bonds. The van der Waals surface area contributed by atoms with Crippen molar-refractivity contribution in [3.8, 4) is 28.5 Å². The zero-order valence-electron chi connectivity index (χ0n) is 39.8. The first kappa shape index (κ1) is 59.5. The van der Waals surface area contributed by atoms with Crippen molar-refractivity contribution in [2.75, 3.05) is 4.90 Å². The number of rotatable bonds is 23. The summed E-state index contributed by atoms with van der Waals surface area (Å²) in [5.41, 5.74) is 14.5. The second-order valence-electron chi connectivity index (χ2n) is 15.4. The van der Waals surface area contributed by atoms with Crippen LogP contribution in [0.4, 0.5) is 30.2 Å². The van der Waals surface area contributed by atoms with Gasteiger partial charge < -0.3 is 30.3 Å². The topological polar surface area (TPSA) is 204 Å². The summed E-state index contributed by atoms with van der Waals surface area (Å²) < 4.78 is 52.3. The number of unbranched alkanes of at least 4 members (excludes halogenated alkanes) is 4. The third-order valence-corrected chi connectivity index (χ3v) is 10.3. The van der Waals surface area contributed by atoms with Crippen molar-refractivity contribution in [1.29, 1.82) is 5.41 Å². The third kappa shape index (κ3) is 20.1. The molecule has 0 aliphatic rings. The molecule has 0 aliphatic heterocycles. The number of ether oxygens (including phenoxy) is 3. The molecule has 4 heterocycles. The fourth-order valence-corrected chi connectivity index (χ4v) is 6.78. The Morgan fingerprint density at radius 3 is 1.56 bits per heavy atom. The molecular formula is C54H51F3N8O6RuS. The smallest absolute Gasteiger partial charge is 0.753 e. The van der Waals surface area contributed by atoms with Gasteiger partial charge in [0.05, 0.1) is 47.2 Å². The van der Waals surface area contributed by atoms with Gasteiger partial charge in [-0.2, -0.15) is 18.3 Å². The average molecular weight is 1100 g/mol. The van der Waals surface area contributed by atoms with E-state index in [-0.39, 0.29) is 30.9 Å². The number of carbonyl (C=O) groups is 3. The molecule has 378 valence electrons. The molecule has 0 aliphatic carbocycles. The average Bonchev–Trinajstić information content (AvgIpc) is 3.38. The zero-order chi connectivity index (χ0) is 52.1.